The molecule has 29 heavy (non-hydrogen) atoms. The maximum absolute atomic E-state index is 14.2. The first-order valence-electron chi connectivity index (χ1n) is 8.82. The van der Waals surface area contributed by atoms with E-state index in [0.717, 1.165) is 12.1 Å². The second kappa shape index (κ2) is 7.53. The van der Waals surface area contributed by atoms with Crippen LogP contribution in [0.4, 0.5) is 18.9 Å². The minimum Gasteiger partial charge on any atom is -0.355 e. The highest BCUT2D eigenvalue weighted by atomic mass is 35.5. The van der Waals surface area contributed by atoms with Crippen molar-refractivity contribution in [1.82, 2.24) is 9.88 Å². The van der Waals surface area contributed by atoms with Crippen molar-refractivity contribution in [2.45, 2.75) is 13.0 Å². The standard InChI is InChI=1S/C20H15ClF3N3O2/c21-15-2-1-13-19(18(15)24)26-16-3-4-27(8-14(16)20(13)29)9-17(28)25-12-6-10(22)5-11(23)7-12/h1-2,5-7H,3-4,8-9H2,(H,25,28)(H,26,29). The Hall–Kier alpha value is -2.84. The molecule has 0 unspecified atom stereocenters. The average molecular weight is 422 g/mol. The van der Waals surface area contributed by atoms with E-state index in [2.05, 4.69) is 10.3 Å². The lowest BCUT2D eigenvalue weighted by molar-refractivity contribution is -0.117. The summed E-state index contributed by atoms with van der Waals surface area (Å²) in [5, 5.41) is 2.56. The topological polar surface area (TPSA) is 65.2 Å². The third kappa shape index (κ3) is 3.86. The van der Waals surface area contributed by atoms with E-state index < -0.39 is 23.4 Å². The van der Waals surface area contributed by atoms with Gasteiger partial charge < -0.3 is 10.3 Å². The Morgan fingerprint density at radius 3 is 2.62 bits per heavy atom. The Kier molecular flexibility index (Phi) is 5.06. The first kappa shape index (κ1) is 19.5. The average Bonchev–Trinajstić information content (AvgIpc) is 2.65. The van der Waals surface area contributed by atoms with Crippen LogP contribution in [-0.4, -0.2) is 28.9 Å². The van der Waals surface area contributed by atoms with Gasteiger partial charge in [0.2, 0.25) is 5.91 Å². The van der Waals surface area contributed by atoms with Crippen LogP contribution in [0.25, 0.3) is 10.9 Å². The fourth-order valence-corrected chi connectivity index (χ4v) is 3.66. The number of aromatic amines is 1. The van der Waals surface area contributed by atoms with Gasteiger partial charge >= 0.3 is 0 Å². The summed E-state index contributed by atoms with van der Waals surface area (Å²) in [6.45, 7) is 0.571. The highest BCUT2D eigenvalue weighted by Crippen LogP contribution is 2.24. The van der Waals surface area contributed by atoms with Crippen LogP contribution in [0.15, 0.2) is 35.1 Å². The molecule has 0 radical (unpaired) electrons. The predicted molar refractivity (Wildman–Crippen MR) is 104 cm³/mol. The Labute approximate surface area is 168 Å². The highest BCUT2D eigenvalue weighted by Gasteiger charge is 2.23. The number of H-pyrrole nitrogens is 1. The van der Waals surface area contributed by atoms with Crippen LogP contribution in [0.1, 0.15) is 11.3 Å². The second-order valence-electron chi connectivity index (χ2n) is 6.86. The van der Waals surface area contributed by atoms with Crippen molar-refractivity contribution in [3.63, 3.8) is 0 Å². The zero-order valence-electron chi connectivity index (χ0n) is 15.0. The maximum atomic E-state index is 14.2. The maximum Gasteiger partial charge on any atom is 0.238 e. The molecule has 0 atom stereocenters. The molecule has 1 aliphatic rings. The molecule has 2 aromatic carbocycles. The van der Waals surface area contributed by atoms with Gasteiger partial charge in [-0.25, -0.2) is 13.2 Å². The van der Waals surface area contributed by atoms with E-state index in [1.165, 1.54) is 12.1 Å². The van der Waals surface area contributed by atoms with E-state index >= 15 is 0 Å². The molecule has 2 N–H and O–H groups in total. The number of anilines is 1. The second-order valence-corrected chi connectivity index (χ2v) is 7.27. The normalized spacial score (nSPS) is 14.1. The number of pyridine rings is 1. The van der Waals surface area contributed by atoms with Crippen LogP contribution in [0, 0.1) is 17.5 Å². The van der Waals surface area contributed by atoms with E-state index in [-0.39, 0.29) is 40.1 Å². The third-order valence-electron chi connectivity index (χ3n) is 4.83. The van der Waals surface area contributed by atoms with Crippen LogP contribution in [0.3, 0.4) is 0 Å². The van der Waals surface area contributed by atoms with Gasteiger partial charge in [-0.05, 0) is 24.3 Å². The molecule has 9 heteroatoms. The molecular weight excluding hydrogens is 407 g/mol. The minimum absolute atomic E-state index is 0.0149. The molecule has 5 nitrogen and oxygen atoms in total. The first-order valence-corrected chi connectivity index (χ1v) is 9.19. The van der Waals surface area contributed by atoms with E-state index in [1.54, 1.807) is 4.90 Å². The van der Waals surface area contributed by atoms with E-state index in [0.29, 0.717) is 30.3 Å². The lowest BCUT2D eigenvalue weighted by atomic mass is 10.0. The van der Waals surface area contributed by atoms with Gasteiger partial charge in [0, 0.05) is 47.9 Å². The zero-order valence-corrected chi connectivity index (χ0v) is 15.7. The van der Waals surface area contributed by atoms with Gasteiger partial charge in [-0.15, -0.1) is 0 Å². The van der Waals surface area contributed by atoms with Gasteiger partial charge in [0.25, 0.3) is 0 Å². The van der Waals surface area contributed by atoms with Gasteiger partial charge in [-0.2, -0.15) is 0 Å². The van der Waals surface area contributed by atoms with E-state index in [4.69, 9.17) is 11.6 Å². The van der Waals surface area contributed by atoms with Crippen molar-refractivity contribution in [3.05, 3.63) is 74.3 Å². The number of hydrogen-bond donors (Lipinski definition) is 2. The lowest BCUT2D eigenvalue weighted by Gasteiger charge is -2.28. The number of rotatable bonds is 3. The summed E-state index contributed by atoms with van der Waals surface area (Å²) < 4.78 is 40.7. The van der Waals surface area contributed by atoms with Crippen molar-refractivity contribution in [3.8, 4) is 0 Å². The van der Waals surface area contributed by atoms with Crippen LogP contribution < -0.4 is 10.7 Å². The largest absolute Gasteiger partial charge is 0.355 e. The van der Waals surface area contributed by atoms with Gasteiger partial charge in [0.05, 0.1) is 17.1 Å². The Morgan fingerprint density at radius 2 is 1.90 bits per heavy atom. The Balaban J connectivity index is 1.54. The number of carbonyl (C=O) groups is 1. The van der Waals surface area contributed by atoms with E-state index in [1.807, 2.05) is 0 Å². The molecule has 0 bridgehead atoms. The van der Waals surface area contributed by atoms with Gasteiger partial charge in [0.15, 0.2) is 11.2 Å². The molecule has 0 saturated carbocycles. The molecule has 150 valence electrons. The summed E-state index contributed by atoms with van der Waals surface area (Å²) in [4.78, 5) is 29.7. The van der Waals surface area contributed by atoms with Crippen molar-refractivity contribution < 1.29 is 18.0 Å². The van der Waals surface area contributed by atoms with E-state index in [9.17, 15) is 22.8 Å². The predicted octanol–water partition coefficient (Wildman–Crippen LogP) is 3.60. The van der Waals surface area contributed by atoms with Crippen molar-refractivity contribution in [2.75, 3.05) is 18.4 Å². The number of carbonyl (C=O) groups excluding carboxylic acids is 1. The Bertz CT molecular complexity index is 1180. The van der Waals surface area contributed by atoms with Crippen molar-refractivity contribution >= 4 is 34.1 Å². The number of hydrogen-bond acceptors (Lipinski definition) is 3. The molecule has 4 rings (SSSR count). The van der Waals surface area contributed by atoms with Crippen LogP contribution in [0.2, 0.25) is 5.02 Å². The number of nitrogens with one attached hydrogen (secondary N) is 2. The third-order valence-corrected chi connectivity index (χ3v) is 5.12. The number of nitrogens with zero attached hydrogens (tertiary/aromatic N) is 1. The molecule has 0 spiro atoms. The van der Waals surface area contributed by atoms with Crippen LogP contribution in [0.5, 0.6) is 0 Å². The quantitative estimate of drug-likeness (QED) is 0.679. The SMILES string of the molecule is O=C(CN1CCc2[nH]c3c(F)c(Cl)ccc3c(=O)c2C1)Nc1cc(F)cc(F)c1. The van der Waals surface area contributed by atoms with Crippen molar-refractivity contribution in [2.24, 2.45) is 0 Å². The molecular formula is C20H15ClF3N3O2. The summed E-state index contributed by atoms with van der Waals surface area (Å²) in [5.74, 6) is -2.72. The van der Waals surface area contributed by atoms with Gasteiger partial charge in [-0.3, -0.25) is 14.5 Å². The number of aromatic nitrogens is 1. The number of benzene rings is 2. The van der Waals surface area contributed by atoms with Crippen molar-refractivity contribution in [1.29, 1.82) is 0 Å². The molecule has 0 aliphatic carbocycles. The summed E-state index contributed by atoms with van der Waals surface area (Å²) in [7, 11) is 0. The summed E-state index contributed by atoms with van der Waals surface area (Å²) in [6.07, 6.45) is 0.411. The molecule has 1 aliphatic heterocycles. The minimum atomic E-state index is -0.794. The van der Waals surface area contributed by atoms with Gasteiger partial charge in [-0.1, -0.05) is 11.6 Å². The molecule has 0 fully saturated rings. The van der Waals surface area contributed by atoms with Crippen LogP contribution in [-0.2, 0) is 17.8 Å². The summed E-state index contributed by atoms with van der Waals surface area (Å²) in [5.41, 5.74) is 0.825. The molecule has 3 aromatic rings. The summed E-state index contributed by atoms with van der Waals surface area (Å²) in [6, 6.07) is 5.53. The number of fused-ring (bicyclic) bond motifs is 2. The monoisotopic (exact) mass is 421 g/mol. The number of halogens is 4. The lowest BCUT2D eigenvalue weighted by Crippen LogP contribution is -2.39. The Morgan fingerprint density at radius 1 is 1.17 bits per heavy atom. The molecule has 1 aromatic heterocycles. The zero-order chi connectivity index (χ0) is 20.7. The molecule has 0 saturated heterocycles. The summed E-state index contributed by atoms with van der Waals surface area (Å²) >= 11 is 5.79. The molecule has 1 amide bonds. The number of amides is 1. The van der Waals surface area contributed by atoms with Crippen LogP contribution >= 0.6 is 11.6 Å². The van der Waals surface area contributed by atoms with Gasteiger partial charge in [0.1, 0.15) is 11.6 Å². The fourth-order valence-electron chi connectivity index (χ4n) is 3.51. The highest BCUT2D eigenvalue weighted by molar-refractivity contribution is 6.31. The molecule has 2 heterocycles. The fraction of sp³-hybridized carbons (Fsp3) is 0.200. The first-order chi connectivity index (χ1) is 13.8. The smallest absolute Gasteiger partial charge is 0.238 e.